The molecule has 0 aromatic rings. The highest BCUT2D eigenvalue weighted by Gasteiger charge is 2.19. The summed E-state index contributed by atoms with van der Waals surface area (Å²) in [5, 5.41) is 3.84. The molecule has 18 heavy (non-hydrogen) atoms. The lowest BCUT2D eigenvalue weighted by atomic mass is 10.0. The van der Waals surface area contributed by atoms with Crippen LogP contribution in [0.15, 0.2) is 0 Å². The zero-order valence-corrected chi connectivity index (χ0v) is 12.2. The van der Waals surface area contributed by atoms with Crippen LogP contribution in [-0.4, -0.2) is 49.8 Å². The molecule has 0 bridgehead atoms. The largest absolute Gasteiger partial charge is 0.379 e. The van der Waals surface area contributed by atoms with Gasteiger partial charge in [0.1, 0.15) is 0 Å². The molecular weight excluding hydrogens is 224 g/mol. The van der Waals surface area contributed by atoms with Crippen molar-refractivity contribution in [1.82, 2.24) is 10.2 Å². The molecule has 3 atom stereocenters. The molecule has 3 nitrogen and oxygen atoms in total. The van der Waals surface area contributed by atoms with E-state index >= 15 is 0 Å². The first-order valence-corrected chi connectivity index (χ1v) is 7.80. The molecule has 1 heterocycles. The molecule has 0 radical (unpaired) electrons. The van der Waals surface area contributed by atoms with Gasteiger partial charge in [-0.3, -0.25) is 4.90 Å². The summed E-state index contributed by atoms with van der Waals surface area (Å²) in [7, 11) is 0. The van der Waals surface area contributed by atoms with Crippen molar-refractivity contribution in [3.05, 3.63) is 0 Å². The molecule has 2 aliphatic rings. The molecule has 1 aliphatic heterocycles. The van der Waals surface area contributed by atoms with Crippen LogP contribution in [0.3, 0.4) is 0 Å². The maximum absolute atomic E-state index is 5.40. The quantitative estimate of drug-likeness (QED) is 0.779. The van der Waals surface area contributed by atoms with Crippen LogP contribution in [0.4, 0.5) is 0 Å². The van der Waals surface area contributed by atoms with E-state index in [0.717, 1.165) is 38.3 Å². The van der Waals surface area contributed by atoms with Crippen LogP contribution >= 0.6 is 0 Å². The van der Waals surface area contributed by atoms with E-state index in [0.29, 0.717) is 6.04 Å². The number of hydrogen-bond acceptors (Lipinski definition) is 3. The Kier molecular flexibility index (Phi) is 5.93. The molecular formula is C15H30N2O. The molecule has 1 aliphatic carbocycles. The zero-order chi connectivity index (χ0) is 12.8. The lowest BCUT2D eigenvalue weighted by molar-refractivity contribution is 0.0337. The summed E-state index contributed by atoms with van der Waals surface area (Å²) >= 11 is 0. The molecule has 106 valence electrons. The Hall–Kier alpha value is -0.120. The number of morpholine rings is 1. The standard InChI is InChI=1S/C15H30N2O/c1-13-4-3-5-15(7-6-13)16-14(2)12-17-8-10-18-11-9-17/h13-16H,3-12H2,1-2H3. The number of rotatable bonds is 4. The Morgan fingerprint density at radius 2 is 1.94 bits per heavy atom. The Labute approximate surface area is 112 Å². The second kappa shape index (κ2) is 7.46. The number of nitrogens with zero attached hydrogens (tertiary/aromatic N) is 1. The maximum atomic E-state index is 5.40. The fourth-order valence-corrected chi connectivity index (χ4v) is 3.28. The predicted octanol–water partition coefficient (Wildman–Crippen LogP) is 2.27. The van der Waals surface area contributed by atoms with Gasteiger partial charge < -0.3 is 10.1 Å². The van der Waals surface area contributed by atoms with Crippen molar-refractivity contribution in [2.75, 3.05) is 32.8 Å². The van der Waals surface area contributed by atoms with E-state index in [-0.39, 0.29) is 0 Å². The van der Waals surface area contributed by atoms with Gasteiger partial charge in [0.15, 0.2) is 0 Å². The minimum atomic E-state index is 0.613. The van der Waals surface area contributed by atoms with Crippen molar-refractivity contribution in [3.8, 4) is 0 Å². The van der Waals surface area contributed by atoms with E-state index in [1.807, 2.05) is 0 Å². The third-order valence-electron chi connectivity index (χ3n) is 4.41. The van der Waals surface area contributed by atoms with E-state index in [2.05, 4.69) is 24.1 Å². The lowest BCUT2D eigenvalue weighted by Crippen LogP contribution is -2.47. The third kappa shape index (κ3) is 4.87. The average Bonchev–Trinajstić information content (AvgIpc) is 2.56. The van der Waals surface area contributed by atoms with Gasteiger partial charge in [0.25, 0.3) is 0 Å². The van der Waals surface area contributed by atoms with E-state index < -0.39 is 0 Å². The van der Waals surface area contributed by atoms with Gasteiger partial charge >= 0.3 is 0 Å². The van der Waals surface area contributed by atoms with E-state index in [1.165, 1.54) is 38.6 Å². The van der Waals surface area contributed by atoms with Crippen LogP contribution in [0.2, 0.25) is 0 Å². The molecule has 2 rings (SSSR count). The predicted molar refractivity (Wildman–Crippen MR) is 75.9 cm³/mol. The van der Waals surface area contributed by atoms with E-state index in [1.54, 1.807) is 0 Å². The first-order valence-electron chi connectivity index (χ1n) is 7.80. The van der Waals surface area contributed by atoms with Gasteiger partial charge in [-0.15, -0.1) is 0 Å². The highest BCUT2D eigenvalue weighted by Crippen LogP contribution is 2.22. The molecule has 0 aromatic heterocycles. The summed E-state index contributed by atoms with van der Waals surface area (Å²) < 4.78 is 5.40. The fraction of sp³-hybridized carbons (Fsp3) is 1.00. The van der Waals surface area contributed by atoms with Crippen LogP contribution < -0.4 is 5.32 Å². The SMILES string of the molecule is CC1CCCC(NC(C)CN2CCOCC2)CC1. The van der Waals surface area contributed by atoms with Crippen molar-refractivity contribution in [3.63, 3.8) is 0 Å². The Bertz CT molecular complexity index is 229. The van der Waals surface area contributed by atoms with Gasteiger partial charge in [-0.1, -0.05) is 19.8 Å². The number of hydrogen-bond donors (Lipinski definition) is 1. The maximum Gasteiger partial charge on any atom is 0.0594 e. The Balaban J connectivity index is 1.67. The molecule has 2 fully saturated rings. The van der Waals surface area contributed by atoms with Gasteiger partial charge in [0.2, 0.25) is 0 Å². The van der Waals surface area contributed by atoms with Crippen LogP contribution in [0.1, 0.15) is 46.0 Å². The van der Waals surface area contributed by atoms with Crippen molar-refractivity contribution < 1.29 is 4.74 Å². The highest BCUT2D eigenvalue weighted by atomic mass is 16.5. The second-order valence-corrected chi connectivity index (χ2v) is 6.29. The third-order valence-corrected chi connectivity index (χ3v) is 4.41. The number of ether oxygens (including phenoxy) is 1. The van der Waals surface area contributed by atoms with Crippen LogP contribution in [0, 0.1) is 5.92 Å². The molecule has 1 saturated heterocycles. The monoisotopic (exact) mass is 254 g/mol. The van der Waals surface area contributed by atoms with Gasteiger partial charge in [-0.25, -0.2) is 0 Å². The van der Waals surface area contributed by atoms with Crippen molar-refractivity contribution in [2.45, 2.75) is 58.0 Å². The van der Waals surface area contributed by atoms with Crippen molar-refractivity contribution in [2.24, 2.45) is 5.92 Å². The molecule has 1 saturated carbocycles. The molecule has 0 spiro atoms. The highest BCUT2D eigenvalue weighted by molar-refractivity contribution is 4.78. The van der Waals surface area contributed by atoms with Gasteiger partial charge in [0.05, 0.1) is 13.2 Å². The Morgan fingerprint density at radius 1 is 1.17 bits per heavy atom. The average molecular weight is 254 g/mol. The van der Waals surface area contributed by atoms with Crippen molar-refractivity contribution in [1.29, 1.82) is 0 Å². The Morgan fingerprint density at radius 3 is 2.72 bits per heavy atom. The minimum Gasteiger partial charge on any atom is -0.379 e. The summed E-state index contributed by atoms with van der Waals surface area (Å²) in [5.74, 6) is 0.936. The first-order chi connectivity index (χ1) is 8.74. The molecule has 1 N–H and O–H groups in total. The number of nitrogens with one attached hydrogen (secondary N) is 1. The van der Waals surface area contributed by atoms with Gasteiger partial charge in [-0.2, -0.15) is 0 Å². The van der Waals surface area contributed by atoms with Crippen LogP contribution in [0.25, 0.3) is 0 Å². The van der Waals surface area contributed by atoms with Crippen LogP contribution in [0.5, 0.6) is 0 Å². The zero-order valence-electron chi connectivity index (χ0n) is 12.2. The van der Waals surface area contributed by atoms with E-state index in [4.69, 9.17) is 4.74 Å². The molecule has 3 unspecified atom stereocenters. The smallest absolute Gasteiger partial charge is 0.0594 e. The van der Waals surface area contributed by atoms with Crippen molar-refractivity contribution >= 4 is 0 Å². The summed E-state index contributed by atoms with van der Waals surface area (Å²) in [6.45, 7) is 9.95. The first kappa shape index (κ1) is 14.3. The summed E-state index contributed by atoms with van der Waals surface area (Å²) in [6, 6.07) is 1.37. The molecule has 0 amide bonds. The summed E-state index contributed by atoms with van der Waals surface area (Å²) in [5.41, 5.74) is 0. The summed E-state index contributed by atoms with van der Waals surface area (Å²) in [6.07, 6.45) is 6.98. The van der Waals surface area contributed by atoms with Gasteiger partial charge in [-0.05, 0) is 32.1 Å². The van der Waals surface area contributed by atoms with Crippen LogP contribution in [-0.2, 0) is 4.74 Å². The fourth-order valence-electron chi connectivity index (χ4n) is 3.28. The lowest BCUT2D eigenvalue weighted by Gasteiger charge is -2.31. The molecule has 0 aromatic carbocycles. The van der Waals surface area contributed by atoms with E-state index in [9.17, 15) is 0 Å². The summed E-state index contributed by atoms with van der Waals surface area (Å²) in [4.78, 5) is 2.53. The normalized spacial score (nSPS) is 33.0. The minimum absolute atomic E-state index is 0.613. The second-order valence-electron chi connectivity index (χ2n) is 6.29. The molecule has 3 heteroatoms. The topological polar surface area (TPSA) is 24.5 Å². The van der Waals surface area contributed by atoms with Gasteiger partial charge in [0, 0.05) is 31.7 Å².